The van der Waals surface area contributed by atoms with Gasteiger partial charge in [-0.2, -0.15) is 0 Å². The van der Waals surface area contributed by atoms with Gasteiger partial charge in [-0.3, -0.25) is 20.2 Å². The third-order valence-electron chi connectivity index (χ3n) is 6.93. The first-order valence-electron chi connectivity index (χ1n) is 12.5. The van der Waals surface area contributed by atoms with Crippen molar-refractivity contribution in [2.45, 2.75) is 19.3 Å². The van der Waals surface area contributed by atoms with Crippen LogP contribution in [0, 0.1) is 10.1 Å². The molecule has 2 aliphatic rings. The molecular weight excluding hydrogens is 510 g/mol. The molecule has 2 aromatic rings. The quantitative estimate of drug-likeness (QED) is 0.317. The third kappa shape index (κ3) is 5.85. The number of hydrogen-bond acceptors (Lipinski definition) is 9. The van der Waals surface area contributed by atoms with Gasteiger partial charge in [0.2, 0.25) is 5.75 Å². The molecule has 1 N–H and O–H groups in total. The Hall–Kier alpha value is -3.80. The van der Waals surface area contributed by atoms with Crippen molar-refractivity contribution in [1.82, 2.24) is 10.2 Å². The average Bonchev–Trinajstić information content (AvgIpc) is 2.96. The second kappa shape index (κ2) is 12.2. The molecule has 0 bridgehead atoms. The standard InChI is InChI=1S/C26H33N5O6S/c1-35-22-15-18(16-23(36-2)24(22)37-3)25(32)27-26(38)30-13-11-28(12-14-30)19-7-8-20(31(33)34)21(17-19)29-9-5-4-6-10-29/h7-8,15-17H,4-6,9-14H2,1-3H3,(H,27,32,38). The van der Waals surface area contributed by atoms with Crippen LogP contribution in [0.2, 0.25) is 0 Å². The third-order valence-corrected chi connectivity index (χ3v) is 7.29. The molecule has 11 nitrogen and oxygen atoms in total. The Morgan fingerprint density at radius 2 is 1.53 bits per heavy atom. The normalized spacial score (nSPS) is 15.6. The number of carbonyl (C=O) groups excluding carboxylic acids is 1. The average molecular weight is 544 g/mol. The van der Waals surface area contributed by atoms with Gasteiger partial charge in [0.25, 0.3) is 11.6 Å². The number of hydrogen-bond donors (Lipinski definition) is 1. The summed E-state index contributed by atoms with van der Waals surface area (Å²) < 4.78 is 16.0. The van der Waals surface area contributed by atoms with E-state index in [1.165, 1.54) is 21.3 Å². The molecular formula is C26H33N5O6S. The second-order valence-electron chi connectivity index (χ2n) is 9.13. The highest BCUT2D eigenvalue weighted by molar-refractivity contribution is 7.80. The summed E-state index contributed by atoms with van der Waals surface area (Å²) in [6, 6.07) is 8.50. The summed E-state index contributed by atoms with van der Waals surface area (Å²) in [5.41, 5.74) is 2.10. The molecule has 2 saturated heterocycles. The first-order chi connectivity index (χ1) is 18.4. The molecule has 2 aromatic carbocycles. The molecule has 38 heavy (non-hydrogen) atoms. The Balaban J connectivity index is 1.40. The maximum atomic E-state index is 12.9. The lowest BCUT2D eigenvalue weighted by atomic mass is 10.1. The van der Waals surface area contributed by atoms with E-state index in [1.807, 2.05) is 17.0 Å². The number of ether oxygens (including phenoxy) is 3. The maximum Gasteiger partial charge on any atom is 0.292 e. The van der Waals surface area contributed by atoms with Gasteiger partial charge in [0.15, 0.2) is 16.6 Å². The summed E-state index contributed by atoms with van der Waals surface area (Å²) in [6.45, 7) is 4.19. The molecule has 0 spiro atoms. The van der Waals surface area contributed by atoms with E-state index in [1.54, 1.807) is 18.2 Å². The second-order valence-corrected chi connectivity index (χ2v) is 9.51. The molecule has 1 amide bonds. The molecule has 12 heteroatoms. The lowest BCUT2D eigenvalue weighted by Crippen LogP contribution is -2.52. The van der Waals surface area contributed by atoms with Crippen LogP contribution < -0.4 is 29.3 Å². The van der Waals surface area contributed by atoms with Gasteiger partial charge >= 0.3 is 0 Å². The predicted octanol–water partition coefficient (Wildman–Crippen LogP) is 3.45. The molecule has 0 aromatic heterocycles. The Bertz CT molecular complexity index is 1170. The Labute approximate surface area is 227 Å². The predicted molar refractivity (Wildman–Crippen MR) is 149 cm³/mol. The van der Waals surface area contributed by atoms with E-state index in [2.05, 4.69) is 15.1 Å². The molecule has 204 valence electrons. The van der Waals surface area contributed by atoms with Crippen LogP contribution in [0.25, 0.3) is 0 Å². The topological polar surface area (TPSA) is 110 Å². The van der Waals surface area contributed by atoms with Crippen LogP contribution in [0.4, 0.5) is 17.1 Å². The van der Waals surface area contributed by atoms with Crippen LogP contribution in [0.3, 0.4) is 0 Å². The molecule has 2 fully saturated rings. The highest BCUT2D eigenvalue weighted by atomic mass is 32.1. The summed E-state index contributed by atoms with van der Waals surface area (Å²) in [5.74, 6) is 0.783. The van der Waals surface area contributed by atoms with Gasteiger partial charge in [-0.15, -0.1) is 0 Å². The van der Waals surface area contributed by atoms with E-state index in [0.717, 1.165) is 38.0 Å². The van der Waals surface area contributed by atoms with Crippen LogP contribution in [0.15, 0.2) is 30.3 Å². The van der Waals surface area contributed by atoms with Crippen molar-refractivity contribution in [3.63, 3.8) is 0 Å². The number of nitro groups is 1. The van der Waals surface area contributed by atoms with E-state index in [0.29, 0.717) is 59.8 Å². The molecule has 0 unspecified atom stereocenters. The number of piperazine rings is 1. The molecule has 0 aliphatic carbocycles. The summed E-state index contributed by atoms with van der Waals surface area (Å²) in [6.07, 6.45) is 3.24. The van der Waals surface area contributed by atoms with Crippen LogP contribution in [0.1, 0.15) is 29.6 Å². The molecule has 0 atom stereocenters. The minimum atomic E-state index is -0.377. The van der Waals surface area contributed by atoms with Gasteiger partial charge < -0.3 is 28.9 Å². The van der Waals surface area contributed by atoms with Crippen LogP contribution in [-0.4, -0.2) is 81.4 Å². The molecule has 2 aliphatic heterocycles. The van der Waals surface area contributed by atoms with Crippen molar-refractivity contribution < 1.29 is 23.9 Å². The van der Waals surface area contributed by atoms with Crippen LogP contribution in [-0.2, 0) is 0 Å². The van der Waals surface area contributed by atoms with E-state index >= 15 is 0 Å². The van der Waals surface area contributed by atoms with Crippen LogP contribution >= 0.6 is 12.2 Å². The number of carbonyl (C=O) groups is 1. The number of benzene rings is 2. The summed E-state index contributed by atoms with van der Waals surface area (Å²) in [4.78, 5) is 30.6. The molecule has 0 radical (unpaired) electrons. The Morgan fingerprint density at radius 3 is 2.08 bits per heavy atom. The Kier molecular flexibility index (Phi) is 8.72. The first-order valence-corrected chi connectivity index (χ1v) is 13.0. The van der Waals surface area contributed by atoms with Crippen molar-refractivity contribution >= 4 is 40.3 Å². The number of rotatable bonds is 7. The first kappa shape index (κ1) is 27.2. The number of nitrogens with zero attached hydrogens (tertiary/aromatic N) is 4. The fraction of sp³-hybridized carbons (Fsp3) is 0.462. The Morgan fingerprint density at radius 1 is 0.895 bits per heavy atom. The molecule has 4 rings (SSSR count). The van der Waals surface area contributed by atoms with Gasteiger partial charge in [0, 0.05) is 56.6 Å². The number of methoxy groups -OCH3 is 3. The van der Waals surface area contributed by atoms with Gasteiger partial charge in [0.1, 0.15) is 5.69 Å². The number of nitro benzene ring substituents is 1. The van der Waals surface area contributed by atoms with Crippen molar-refractivity contribution in [2.75, 3.05) is 70.4 Å². The van der Waals surface area contributed by atoms with Gasteiger partial charge in [-0.05, 0) is 55.7 Å². The summed E-state index contributed by atoms with van der Waals surface area (Å²) in [7, 11) is 4.48. The van der Waals surface area contributed by atoms with E-state index in [4.69, 9.17) is 26.4 Å². The number of piperidine rings is 1. The smallest absolute Gasteiger partial charge is 0.292 e. The van der Waals surface area contributed by atoms with Gasteiger partial charge in [0.05, 0.1) is 26.3 Å². The highest BCUT2D eigenvalue weighted by Gasteiger charge is 2.26. The summed E-state index contributed by atoms with van der Waals surface area (Å²) in [5, 5.41) is 14.8. The fourth-order valence-electron chi connectivity index (χ4n) is 4.88. The maximum absolute atomic E-state index is 12.9. The van der Waals surface area contributed by atoms with Crippen LogP contribution in [0.5, 0.6) is 17.2 Å². The number of amides is 1. The summed E-state index contributed by atoms with van der Waals surface area (Å²) >= 11 is 5.54. The van der Waals surface area contributed by atoms with Crippen molar-refractivity contribution in [3.05, 3.63) is 46.0 Å². The lowest BCUT2D eigenvalue weighted by molar-refractivity contribution is -0.384. The van der Waals surface area contributed by atoms with E-state index < -0.39 is 0 Å². The largest absolute Gasteiger partial charge is 0.493 e. The van der Waals surface area contributed by atoms with E-state index in [9.17, 15) is 14.9 Å². The zero-order chi connectivity index (χ0) is 27.2. The highest BCUT2D eigenvalue weighted by Crippen LogP contribution is 2.38. The van der Waals surface area contributed by atoms with Crippen molar-refractivity contribution in [3.8, 4) is 17.2 Å². The minimum absolute atomic E-state index is 0.143. The van der Waals surface area contributed by atoms with E-state index in [-0.39, 0.29) is 16.5 Å². The number of nitrogens with one attached hydrogen (secondary N) is 1. The number of thiocarbonyl (C=S) groups is 1. The SMILES string of the molecule is COc1cc(C(=O)NC(=S)N2CCN(c3ccc([N+](=O)[O-])c(N4CCCCC4)c3)CC2)cc(OC)c1OC. The number of anilines is 2. The monoisotopic (exact) mass is 543 g/mol. The molecule has 2 heterocycles. The molecule has 0 saturated carbocycles. The zero-order valence-corrected chi connectivity index (χ0v) is 22.7. The van der Waals surface area contributed by atoms with Gasteiger partial charge in [-0.1, -0.05) is 0 Å². The van der Waals surface area contributed by atoms with Crippen molar-refractivity contribution in [2.24, 2.45) is 0 Å². The van der Waals surface area contributed by atoms with Crippen molar-refractivity contribution in [1.29, 1.82) is 0 Å². The zero-order valence-electron chi connectivity index (χ0n) is 21.9. The minimum Gasteiger partial charge on any atom is -0.493 e. The lowest BCUT2D eigenvalue weighted by Gasteiger charge is -2.37. The van der Waals surface area contributed by atoms with Gasteiger partial charge in [-0.25, -0.2) is 0 Å². The fourth-order valence-corrected chi connectivity index (χ4v) is 5.15.